The third-order valence-electron chi connectivity index (χ3n) is 5.57. The average Bonchev–Trinajstić information content (AvgIpc) is 2.77. The van der Waals surface area contributed by atoms with Crippen LogP contribution in [-0.2, 0) is 16.1 Å². The Morgan fingerprint density at radius 1 is 1.12 bits per heavy atom. The molecule has 0 radical (unpaired) electrons. The Kier molecular flexibility index (Phi) is 10.2. The Morgan fingerprint density at radius 2 is 1.84 bits per heavy atom. The molecule has 0 aliphatic carbocycles. The number of ether oxygens (including phenoxy) is 1. The standard InChI is InChI=1S/C26H35BrN2O3/c1-6-7-14-28-26(31)20(5)29(16-22-11-9-8-10-19(22)4)25(30)17-32-24-13-12-21(18(2)3)15-23(24)27/h8-13,15,18,20H,6-7,14,16-17H2,1-5H3,(H,28,31). The summed E-state index contributed by atoms with van der Waals surface area (Å²) in [6, 6.07) is 13.2. The molecule has 1 N–H and O–H groups in total. The van der Waals surface area contributed by atoms with Crippen LogP contribution in [0.2, 0.25) is 0 Å². The van der Waals surface area contributed by atoms with Crippen LogP contribution in [0.25, 0.3) is 0 Å². The van der Waals surface area contributed by atoms with Gasteiger partial charge in [-0.25, -0.2) is 0 Å². The maximum absolute atomic E-state index is 13.2. The lowest BCUT2D eigenvalue weighted by Crippen LogP contribution is -2.49. The van der Waals surface area contributed by atoms with E-state index in [0.717, 1.165) is 28.4 Å². The first kappa shape index (κ1) is 25.9. The van der Waals surface area contributed by atoms with Gasteiger partial charge in [0.25, 0.3) is 5.91 Å². The van der Waals surface area contributed by atoms with E-state index in [1.54, 1.807) is 11.8 Å². The molecule has 0 spiro atoms. The number of amides is 2. The molecule has 5 nitrogen and oxygen atoms in total. The number of benzene rings is 2. The summed E-state index contributed by atoms with van der Waals surface area (Å²) in [6.07, 6.45) is 1.91. The van der Waals surface area contributed by atoms with Crippen molar-refractivity contribution < 1.29 is 14.3 Å². The predicted molar refractivity (Wildman–Crippen MR) is 133 cm³/mol. The molecule has 0 fully saturated rings. The maximum Gasteiger partial charge on any atom is 0.261 e. The molecule has 0 heterocycles. The van der Waals surface area contributed by atoms with Gasteiger partial charge in [-0.3, -0.25) is 9.59 Å². The summed E-state index contributed by atoms with van der Waals surface area (Å²) in [5.74, 6) is 0.631. The summed E-state index contributed by atoms with van der Waals surface area (Å²) in [5, 5.41) is 2.94. The van der Waals surface area contributed by atoms with Crippen molar-refractivity contribution in [1.29, 1.82) is 0 Å². The van der Waals surface area contributed by atoms with Crippen molar-refractivity contribution in [2.75, 3.05) is 13.2 Å². The summed E-state index contributed by atoms with van der Waals surface area (Å²) in [5.41, 5.74) is 3.28. The molecule has 1 atom stereocenters. The van der Waals surface area contributed by atoms with Gasteiger partial charge in [-0.1, -0.05) is 57.5 Å². The lowest BCUT2D eigenvalue weighted by atomic mass is 10.0. The average molecular weight is 503 g/mol. The van der Waals surface area contributed by atoms with Crippen molar-refractivity contribution in [3.8, 4) is 5.75 Å². The zero-order chi connectivity index (χ0) is 23.7. The molecule has 0 aliphatic rings. The zero-order valence-electron chi connectivity index (χ0n) is 19.8. The van der Waals surface area contributed by atoms with Crippen LogP contribution in [0.15, 0.2) is 46.9 Å². The molecule has 0 saturated carbocycles. The number of carbonyl (C=O) groups is 2. The van der Waals surface area contributed by atoms with Gasteiger partial charge < -0.3 is 15.0 Å². The van der Waals surface area contributed by atoms with Gasteiger partial charge in [-0.2, -0.15) is 0 Å². The van der Waals surface area contributed by atoms with Crippen LogP contribution < -0.4 is 10.1 Å². The second-order valence-electron chi connectivity index (χ2n) is 8.40. The number of hydrogen-bond donors (Lipinski definition) is 1. The Bertz CT molecular complexity index is 914. The topological polar surface area (TPSA) is 58.6 Å². The van der Waals surface area contributed by atoms with E-state index < -0.39 is 6.04 Å². The van der Waals surface area contributed by atoms with E-state index in [-0.39, 0.29) is 18.4 Å². The molecule has 2 amide bonds. The largest absolute Gasteiger partial charge is 0.483 e. The lowest BCUT2D eigenvalue weighted by Gasteiger charge is -2.29. The quantitative estimate of drug-likeness (QED) is 0.407. The molecule has 6 heteroatoms. The van der Waals surface area contributed by atoms with Gasteiger partial charge in [0.05, 0.1) is 4.47 Å². The van der Waals surface area contributed by atoms with Crippen LogP contribution in [0.4, 0.5) is 0 Å². The minimum absolute atomic E-state index is 0.141. The van der Waals surface area contributed by atoms with Gasteiger partial charge in [0, 0.05) is 13.1 Å². The Balaban J connectivity index is 2.15. The zero-order valence-corrected chi connectivity index (χ0v) is 21.4. The lowest BCUT2D eigenvalue weighted by molar-refractivity contribution is -0.142. The third kappa shape index (κ3) is 7.37. The second kappa shape index (κ2) is 12.6. The van der Waals surface area contributed by atoms with Gasteiger partial charge in [-0.05, 0) is 70.9 Å². The molecular weight excluding hydrogens is 468 g/mol. The van der Waals surface area contributed by atoms with Crippen molar-refractivity contribution in [3.05, 3.63) is 63.6 Å². The smallest absolute Gasteiger partial charge is 0.261 e. The van der Waals surface area contributed by atoms with E-state index in [2.05, 4.69) is 42.0 Å². The highest BCUT2D eigenvalue weighted by molar-refractivity contribution is 9.10. The van der Waals surface area contributed by atoms with Crippen LogP contribution in [-0.4, -0.2) is 35.9 Å². The van der Waals surface area contributed by atoms with Crippen molar-refractivity contribution in [1.82, 2.24) is 10.2 Å². The minimum atomic E-state index is -0.602. The SMILES string of the molecule is CCCCNC(=O)C(C)N(Cc1ccccc1C)C(=O)COc1ccc(C(C)C)cc1Br. The number of aryl methyl sites for hydroxylation is 1. The van der Waals surface area contributed by atoms with Gasteiger partial charge in [0.1, 0.15) is 11.8 Å². The predicted octanol–water partition coefficient (Wildman–Crippen LogP) is 5.59. The number of nitrogens with one attached hydrogen (secondary N) is 1. The van der Waals surface area contributed by atoms with Crippen molar-refractivity contribution in [2.45, 2.75) is 66.0 Å². The van der Waals surface area contributed by atoms with Gasteiger partial charge in [-0.15, -0.1) is 0 Å². The number of hydrogen-bond acceptors (Lipinski definition) is 3. The number of nitrogens with zero attached hydrogens (tertiary/aromatic N) is 1. The first-order chi connectivity index (χ1) is 15.2. The summed E-state index contributed by atoms with van der Waals surface area (Å²) in [7, 11) is 0. The van der Waals surface area contributed by atoms with Gasteiger partial charge >= 0.3 is 0 Å². The molecule has 0 aliphatic heterocycles. The van der Waals surface area contributed by atoms with E-state index in [0.29, 0.717) is 24.8 Å². The molecule has 32 heavy (non-hydrogen) atoms. The molecule has 174 valence electrons. The first-order valence-electron chi connectivity index (χ1n) is 11.3. The fourth-order valence-electron chi connectivity index (χ4n) is 3.31. The van der Waals surface area contributed by atoms with E-state index in [9.17, 15) is 9.59 Å². The molecular formula is C26H35BrN2O3. The Morgan fingerprint density at radius 3 is 2.47 bits per heavy atom. The monoisotopic (exact) mass is 502 g/mol. The Hall–Kier alpha value is -2.34. The molecule has 1 unspecified atom stereocenters. The summed E-state index contributed by atoms with van der Waals surface area (Å²) in [4.78, 5) is 27.5. The second-order valence-corrected chi connectivity index (χ2v) is 9.26. The van der Waals surface area contributed by atoms with Crippen molar-refractivity contribution in [2.24, 2.45) is 0 Å². The van der Waals surface area contributed by atoms with E-state index in [4.69, 9.17) is 4.74 Å². The molecule has 0 saturated heterocycles. The number of carbonyl (C=O) groups excluding carboxylic acids is 2. The number of unbranched alkanes of at least 4 members (excludes halogenated alkanes) is 1. The highest BCUT2D eigenvalue weighted by atomic mass is 79.9. The highest BCUT2D eigenvalue weighted by Crippen LogP contribution is 2.29. The van der Waals surface area contributed by atoms with Crippen LogP contribution >= 0.6 is 15.9 Å². The van der Waals surface area contributed by atoms with Gasteiger partial charge in [0.2, 0.25) is 5.91 Å². The molecule has 0 bridgehead atoms. The normalized spacial score (nSPS) is 11.8. The van der Waals surface area contributed by atoms with Crippen LogP contribution in [0.5, 0.6) is 5.75 Å². The number of rotatable bonds is 11. The molecule has 0 aromatic heterocycles. The van der Waals surface area contributed by atoms with Crippen LogP contribution in [0, 0.1) is 6.92 Å². The molecule has 2 aromatic rings. The first-order valence-corrected chi connectivity index (χ1v) is 12.1. The van der Waals surface area contributed by atoms with E-state index in [1.165, 1.54) is 5.56 Å². The van der Waals surface area contributed by atoms with E-state index in [1.807, 2.05) is 49.4 Å². The van der Waals surface area contributed by atoms with Gasteiger partial charge in [0.15, 0.2) is 6.61 Å². The summed E-state index contributed by atoms with van der Waals surface area (Å²) in [6.45, 7) is 10.9. The number of halogens is 1. The third-order valence-corrected chi connectivity index (χ3v) is 6.19. The van der Waals surface area contributed by atoms with Crippen LogP contribution in [0.3, 0.4) is 0 Å². The molecule has 2 rings (SSSR count). The highest BCUT2D eigenvalue weighted by Gasteiger charge is 2.27. The molecule has 2 aromatic carbocycles. The summed E-state index contributed by atoms with van der Waals surface area (Å²) < 4.78 is 6.65. The van der Waals surface area contributed by atoms with Crippen molar-refractivity contribution in [3.63, 3.8) is 0 Å². The summed E-state index contributed by atoms with van der Waals surface area (Å²) >= 11 is 3.54. The minimum Gasteiger partial charge on any atom is -0.483 e. The van der Waals surface area contributed by atoms with E-state index >= 15 is 0 Å². The Labute approximate surface area is 200 Å². The van der Waals surface area contributed by atoms with Crippen LogP contribution in [0.1, 0.15) is 63.1 Å². The van der Waals surface area contributed by atoms with Crippen molar-refractivity contribution >= 4 is 27.7 Å². The maximum atomic E-state index is 13.2. The fraction of sp³-hybridized carbons (Fsp3) is 0.462. The fourth-order valence-corrected chi connectivity index (χ4v) is 3.82.